The molecule has 0 atom stereocenters. The highest BCUT2D eigenvalue weighted by molar-refractivity contribution is 14.1. The molecule has 0 spiro atoms. The second kappa shape index (κ2) is 4.91. The van der Waals surface area contributed by atoms with Crippen molar-refractivity contribution in [3.8, 4) is 11.4 Å². The first kappa shape index (κ1) is 11.4. The van der Waals surface area contributed by atoms with Gasteiger partial charge in [-0.1, -0.05) is 0 Å². The Hall–Kier alpha value is -0.670. The molecule has 0 saturated carbocycles. The third-order valence-corrected chi connectivity index (χ3v) is 4.50. The van der Waals surface area contributed by atoms with E-state index >= 15 is 0 Å². The van der Waals surface area contributed by atoms with Crippen LogP contribution < -0.4 is 10.2 Å². The first-order valence-electron chi connectivity index (χ1n) is 5.45. The first-order chi connectivity index (χ1) is 8.33. The van der Waals surface area contributed by atoms with Gasteiger partial charge < -0.3 is 10.2 Å². The van der Waals surface area contributed by atoms with Crippen molar-refractivity contribution in [3.05, 3.63) is 14.3 Å². The molecule has 3 heterocycles. The van der Waals surface area contributed by atoms with E-state index in [1.54, 1.807) is 11.3 Å². The van der Waals surface area contributed by atoms with Gasteiger partial charge in [0.05, 0.1) is 2.88 Å². The molecule has 3 rings (SSSR count). The second-order valence-corrected chi connectivity index (χ2v) is 6.67. The molecule has 1 saturated heterocycles. The van der Waals surface area contributed by atoms with Gasteiger partial charge in [-0.15, -0.1) is 16.4 Å². The van der Waals surface area contributed by atoms with Crippen LogP contribution in [0.4, 0.5) is 5.95 Å². The summed E-state index contributed by atoms with van der Waals surface area (Å²) in [5, 5.41) is 12.7. The fourth-order valence-corrected chi connectivity index (χ4v) is 3.15. The van der Waals surface area contributed by atoms with Crippen LogP contribution in [0.25, 0.3) is 11.4 Å². The van der Waals surface area contributed by atoms with Gasteiger partial charge in [0.25, 0.3) is 0 Å². The minimum absolute atomic E-state index is 0.808. The Morgan fingerprint density at radius 3 is 2.88 bits per heavy atom. The number of nitrogens with one attached hydrogen (secondary N) is 2. The number of aromatic nitrogens is 3. The van der Waals surface area contributed by atoms with E-state index in [1.165, 1.54) is 2.88 Å². The maximum atomic E-state index is 4.55. The van der Waals surface area contributed by atoms with E-state index in [4.69, 9.17) is 0 Å². The highest BCUT2D eigenvalue weighted by Crippen LogP contribution is 2.25. The number of rotatable bonds is 2. The third-order valence-electron chi connectivity index (χ3n) is 2.71. The Bertz CT molecular complexity index is 502. The SMILES string of the molecule is Ic1cc(-c2nc(N3CCNCC3)n[nH]2)cs1. The molecule has 0 amide bonds. The van der Waals surface area contributed by atoms with Crippen molar-refractivity contribution >= 4 is 39.9 Å². The van der Waals surface area contributed by atoms with E-state index in [0.29, 0.717) is 0 Å². The molecule has 0 unspecified atom stereocenters. The summed E-state index contributed by atoms with van der Waals surface area (Å²) in [5.74, 6) is 1.67. The van der Waals surface area contributed by atoms with Crippen LogP contribution in [0.3, 0.4) is 0 Å². The number of H-pyrrole nitrogens is 1. The van der Waals surface area contributed by atoms with Crippen molar-refractivity contribution in [1.82, 2.24) is 20.5 Å². The molecular weight excluding hydrogens is 349 g/mol. The molecule has 0 aromatic carbocycles. The molecule has 1 aliphatic rings. The van der Waals surface area contributed by atoms with E-state index in [-0.39, 0.29) is 0 Å². The summed E-state index contributed by atoms with van der Waals surface area (Å²) in [7, 11) is 0. The van der Waals surface area contributed by atoms with Gasteiger partial charge in [0.15, 0.2) is 5.82 Å². The summed E-state index contributed by atoms with van der Waals surface area (Å²) in [6.45, 7) is 3.94. The molecule has 0 bridgehead atoms. The van der Waals surface area contributed by atoms with Crippen LogP contribution in [0.1, 0.15) is 0 Å². The monoisotopic (exact) mass is 361 g/mol. The van der Waals surface area contributed by atoms with Crippen LogP contribution in [-0.4, -0.2) is 41.4 Å². The normalized spacial score (nSPS) is 16.4. The highest BCUT2D eigenvalue weighted by atomic mass is 127. The van der Waals surface area contributed by atoms with Crippen molar-refractivity contribution in [2.45, 2.75) is 0 Å². The second-order valence-electron chi connectivity index (χ2n) is 3.86. The molecule has 2 aromatic rings. The standard InChI is InChI=1S/C10H12IN5S/c11-8-5-7(6-17-8)9-13-10(15-14-9)16-3-1-12-2-4-16/h5-6,12H,1-4H2,(H,13,14,15). The molecule has 90 valence electrons. The summed E-state index contributed by atoms with van der Waals surface area (Å²) >= 11 is 4.03. The molecule has 5 nitrogen and oxygen atoms in total. The molecule has 7 heteroatoms. The topological polar surface area (TPSA) is 56.8 Å². The first-order valence-corrected chi connectivity index (χ1v) is 7.41. The summed E-state index contributed by atoms with van der Waals surface area (Å²) in [4.78, 5) is 6.75. The van der Waals surface area contributed by atoms with Crippen molar-refractivity contribution in [2.24, 2.45) is 0 Å². The van der Waals surface area contributed by atoms with Gasteiger partial charge in [0, 0.05) is 37.1 Å². The van der Waals surface area contributed by atoms with Gasteiger partial charge in [-0.3, -0.25) is 5.10 Å². The van der Waals surface area contributed by atoms with E-state index in [9.17, 15) is 0 Å². The van der Waals surface area contributed by atoms with Crippen LogP contribution in [-0.2, 0) is 0 Å². The molecule has 2 N–H and O–H groups in total. The fraction of sp³-hybridized carbons (Fsp3) is 0.400. The lowest BCUT2D eigenvalue weighted by Gasteiger charge is -2.25. The zero-order valence-corrected chi connectivity index (χ0v) is 12.1. The lowest BCUT2D eigenvalue weighted by molar-refractivity contribution is 0.580. The fourth-order valence-electron chi connectivity index (χ4n) is 1.82. The molecular formula is C10H12IN5S. The van der Waals surface area contributed by atoms with Crippen molar-refractivity contribution in [2.75, 3.05) is 31.1 Å². The Kier molecular flexibility index (Phi) is 3.30. The van der Waals surface area contributed by atoms with Crippen LogP contribution >= 0.6 is 33.9 Å². The Balaban J connectivity index is 1.82. The van der Waals surface area contributed by atoms with Crippen molar-refractivity contribution in [3.63, 3.8) is 0 Å². The number of halogens is 1. The number of hydrogen-bond acceptors (Lipinski definition) is 5. The van der Waals surface area contributed by atoms with Gasteiger partial charge >= 0.3 is 0 Å². The summed E-state index contributed by atoms with van der Waals surface area (Å²) in [5.41, 5.74) is 1.12. The van der Waals surface area contributed by atoms with Crippen LogP contribution in [0.5, 0.6) is 0 Å². The molecule has 0 aliphatic carbocycles. The number of anilines is 1. The van der Waals surface area contributed by atoms with E-state index < -0.39 is 0 Å². The predicted molar refractivity (Wildman–Crippen MR) is 77.5 cm³/mol. The van der Waals surface area contributed by atoms with Gasteiger partial charge in [0.2, 0.25) is 5.95 Å². The Morgan fingerprint density at radius 1 is 1.35 bits per heavy atom. The average molecular weight is 361 g/mol. The van der Waals surface area contributed by atoms with Gasteiger partial charge in [-0.05, 0) is 28.7 Å². The Labute approximate surface area is 117 Å². The van der Waals surface area contributed by atoms with Gasteiger partial charge in [0.1, 0.15) is 0 Å². The zero-order chi connectivity index (χ0) is 11.7. The van der Waals surface area contributed by atoms with Crippen LogP contribution in [0, 0.1) is 2.88 Å². The summed E-state index contributed by atoms with van der Waals surface area (Å²) in [6, 6.07) is 2.12. The average Bonchev–Trinajstić information content (AvgIpc) is 2.98. The van der Waals surface area contributed by atoms with E-state index in [2.05, 4.69) is 59.4 Å². The molecule has 2 aromatic heterocycles. The number of aromatic amines is 1. The van der Waals surface area contributed by atoms with E-state index in [0.717, 1.165) is 43.5 Å². The van der Waals surface area contributed by atoms with E-state index in [1.807, 2.05) is 0 Å². The maximum Gasteiger partial charge on any atom is 0.245 e. The van der Waals surface area contributed by atoms with Crippen LogP contribution in [0.15, 0.2) is 11.4 Å². The third kappa shape index (κ3) is 2.45. The van der Waals surface area contributed by atoms with Crippen molar-refractivity contribution in [1.29, 1.82) is 0 Å². The number of hydrogen-bond donors (Lipinski definition) is 2. The minimum Gasteiger partial charge on any atom is -0.337 e. The number of nitrogens with zero attached hydrogens (tertiary/aromatic N) is 3. The quantitative estimate of drug-likeness (QED) is 0.797. The molecule has 1 fully saturated rings. The van der Waals surface area contributed by atoms with Gasteiger partial charge in [-0.25, -0.2) is 0 Å². The highest BCUT2D eigenvalue weighted by Gasteiger charge is 2.15. The number of thiophene rings is 1. The predicted octanol–water partition coefficient (Wildman–Crippen LogP) is 1.55. The maximum absolute atomic E-state index is 4.55. The molecule has 1 aliphatic heterocycles. The Morgan fingerprint density at radius 2 is 2.18 bits per heavy atom. The zero-order valence-electron chi connectivity index (χ0n) is 9.11. The lowest BCUT2D eigenvalue weighted by Crippen LogP contribution is -2.44. The van der Waals surface area contributed by atoms with Gasteiger partial charge in [-0.2, -0.15) is 4.98 Å². The molecule has 0 radical (unpaired) electrons. The lowest BCUT2D eigenvalue weighted by atomic mass is 10.3. The largest absolute Gasteiger partial charge is 0.337 e. The minimum atomic E-state index is 0.808. The molecule has 17 heavy (non-hydrogen) atoms. The summed E-state index contributed by atoms with van der Waals surface area (Å²) < 4.78 is 1.26. The summed E-state index contributed by atoms with van der Waals surface area (Å²) in [6.07, 6.45) is 0. The van der Waals surface area contributed by atoms with Crippen LogP contribution in [0.2, 0.25) is 0 Å². The smallest absolute Gasteiger partial charge is 0.245 e. The number of piperazine rings is 1. The van der Waals surface area contributed by atoms with Crippen molar-refractivity contribution < 1.29 is 0 Å².